The third kappa shape index (κ3) is 4.01. The molecule has 0 aliphatic carbocycles. The van der Waals surface area contributed by atoms with Crippen LogP contribution in [0.5, 0.6) is 0 Å². The fourth-order valence-electron chi connectivity index (χ4n) is 2.19. The lowest BCUT2D eigenvalue weighted by atomic mass is 10.1. The molecule has 7 nitrogen and oxygen atoms in total. The van der Waals surface area contributed by atoms with Gasteiger partial charge in [0.2, 0.25) is 0 Å². The van der Waals surface area contributed by atoms with Crippen LogP contribution < -0.4 is 10.2 Å². The van der Waals surface area contributed by atoms with Gasteiger partial charge in [0.05, 0.1) is 17.6 Å². The molecule has 0 saturated heterocycles. The van der Waals surface area contributed by atoms with Gasteiger partial charge in [-0.25, -0.2) is 4.79 Å². The highest BCUT2D eigenvalue weighted by atomic mass is 16.6. The normalized spacial score (nSPS) is 10.1. The van der Waals surface area contributed by atoms with E-state index in [1.807, 2.05) is 43.3 Å². The Bertz CT molecular complexity index is 742. The number of non-ortho nitro benzene ring substituents is 1. The van der Waals surface area contributed by atoms with Crippen molar-refractivity contribution in [3.05, 3.63) is 63.7 Å². The summed E-state index contributed by atoms with van der Waals surface area (Å²) in [7, 11) is 5.17. The van der Waals surface area contributed by atoms with Crippen LogP contribution in [0.2, 0.25) is 0 Å². The van der Waals surface area contributed by atoms with E-state index in [0.29, 0.717) is 12.2 Å². The second-order valence-electron chi connectivity index (χ2n) is 5.39. The Morgan fingerprint density at radius 1 is 1.21 bits per heavy atom. The summed E-state index contributed by atoms with van der Waals surface area (Å²) in [6, 6.07) is 12.0. The number of nitrogens with one attached hydrogen (secondary N) is 1. The summed E-state index contributed by atoms with van der Waals surface area (Å²) >= 11 is 0. The number of rotatable bonds is 6. The van der Waals surface area contributed by atoms with Gasteiger partial charge in [-0.05, 0) is 23.8 Å². The molecule has 0 saturated carbocycles. The molecule has 0 aromatic heterocycles. The fraction of sp³-hybridized carbons (Fsp3) is 0.235. The maximum Gasteiger partial charge on any atom is 0.340 e. The zero-order valence-electron chi connectivity index (χ0n) is 13.8. The number of hydrogen-bond acceptors (Lipinski definition) is 6. The van der Waals surface area contributed by atoms with E-state index in [2.05, 4.69) is 5.32 Å². The van der Waals surface area contributed by atoms with Gasteiger partial charge in [0.25, 0.3) is 5.69 Å². The van der Waals surface area contributed by atoms with Crippen molar-refractivity contribution in [2.45, 2.75) is 6.54 Å². The summed E-state index contributed by atoms with van der Waals surface area (Å²) in [6.07, 6.45) is 0. The summed E-state index contributed by atoms with van der Waals surface area (Å²) in [5.74, 6) is -0.621. The van der Waals surface area contributed by atoms with E-state index in [1.165, 1.54) is 25.3 Å². The van der Waals surface area contributed by atoms with Gasteiger partial charge in [-0.3, -0.25) is 10.1 Å². The molecule has 0 radical (unpaired) electrons. The van der Waals surface area contributed by atoms with Crippen molar-refractivity contribution in [3.8, 4) is 0 Å². The maximum atomic E-state index is 11.8. The van der Waals surface area contributed by atoms with Crippen molar-refractivity contribution in [2.75, 3.05) is 31.4 Å². The second-order valence-corrected chi connectivity index (χ2v) is 5.39. The molecule has 0 spiro atoms. The number of carbonyl (C=O) groups excluding carboxylic acids is 1. The topological polar surface area (TPSA) is 84.7 Å². The lowest BCUT2D eigenvalue weighted by Gasteiger charge is -2.14. The first-order valence-electron chi connectivity index (χ1n) is 7.29. The summed E-state index contributed by atoms with van der Waals surface area (Å²) in [5.41, 5.74) is 2.58. The third-order valence-electron chi connectivity index (χ3n) is 3.55. The minimum Gasteiger partial charge on any atom is -0.465 e. The Balaban J connectivity index is 2.19. The predicted molar refractivity (Wildman–Crippen MR) is 92.5 cm³/mol. The van der Waals surface area contributed by atoms with Gasteiger partial charge < -0.3 is 15.0 Å². The molecular weight excluding hydrogens is 310 g/mol. The molecule has 24 heavy (non-hydrogen) atoms. The molecule has 2 aromatic carbocycles. The average molecular weight is 329 g/mol. The zero-order chi connectivity index (χ0) is 17.7. The Kier molecular flexibility index (Phi) is 5.36. The predicted octanol–water partition coefficient (Wildman–Crippen LogP) is 3.06. The first-order chi connectivity index (χ1) is 11.4. The Labute approximate surface area is 140 Å². The largest absolute Gasteiger partial charge is 0.465 e. The van der Waals surface area contributed by atoms with E-state index in [0.717, 1.165) is 11.3 Å². The molecular formula is C17H19N3O4. The summed E-state index contributed by atoms with van der Waals surface area (Å²) in [5, 5.41) is 14.0. The van der Waals surface area contributed by atoms with Gasteiger partial charge in [-0.1, -0.05) is 12.1 Å². The molecule has 0 amide bonds. The Hall–Kier alpha value is -3.09. The molecule has 2 rings (SSSR count). The van der Waals surface area contributed by atoms with E-state index in [-0.39, 0.29) is 11.3 Å². The lowest BCUT2D eigenvalue weighted by Crippen LogP contribution is -2.10. The van der Waals surface area contributed by atoms with Crippen molar-refractivity contribution < 1.29 is 14.5 Å². The van der Waals surface area contributed by atoms with Crippen LogP contribution >= 0.6 is 0 Å². The highest BCUT2D eigenvalue weighted by molar-refractivity contribution is 5.96. The van der Waals surface area contributed by atoms with Crippen LogP contribution in [-0.2, 0) is 11.3 Å². The van der Waals surface area contributed by atoms with E-state index in [1.54, 1.807) is 0 Å². The number of hydrogen-bond donors (Lipinski definition) is 1. The van der Waals surface area contributed by atoms with Crippen molar-refractivity contribution in [2.24, 2.45) is 0 Å². The number of nitrogens with zero attached hydrogens (tertiary/aromatic N) is 2. The van der Waals surface area contributed by atoms with Crippen LogP contribution in [0.1, 0.15) is 15.9 Å². The Morgan fingerprint density at radius 2 is 1.88 bits per heavy atom. The standard InChI is InChI=1S/C17H19N3O4/c1-19(2)13-6-4-12(5-7-13)11-18-16-9-8-14(20(22)23)10-15(16)17(21)24-3/h4-10,18H,11H2,1-3H3. The molecule has 0 aliphatic heterocycles. The quantitative estimate of drug-likeness (QED) is 0.498. The van der Waals surface area contributed by atoms with Crippen LogP contribution in [0.15, 0.2) is 42.5 Å². The molecule has 2 aromatic rings. The number of ether oxygens (including phenoxy) is 1. The van der Waals surface area contributed by atoms with Gasteiger partial charge >= 0.3 is 5.97 Å². The van der Waals surface area contributed by atoms with Crippen molar-refractivity contribution in [1.29, 1.82) is 0 Å². The fourth-order valence-corrected chi connectivity index (χ4v) is 2.19. The molecule has 0 unspecified atom stereocenters. The third-order valence-corrected chi connectivity index (χ3v) is 3.55. The van der Waals surface area contributed by atoms with Crippen LogP contribution in [0.3, 0.4) is 0 Å². The number of esters is 1. The van der Waals surface area contributed by atoms with Crippen LogP contribution in [0, 0.1) is 10.1 Å². The summed E-state index contributed by atoms with van der Waals surface area (Å²) in [4.78, 5) is 24.2. The first-order valence-corrected chi connectivity index (χ1v) is 7.29. The van der Waals surface area contributed by atoms with E-state index in [9.17, 15) is 14.9 Å². The van der Waals surface area contributed by atoms with E-state index < -0.39 is 10.9 Å². The van der Waals surface area contributed by atoms with Crippen molar-refractivity contribution >= 4 is 23.0 Å². The lowest BCUT2D eigenvalue weighted by molar-refractivity contribution is -0.384. The minimum atomic E-state index is -0.621. The highest BCUT2D eigenvalue weighted by Crippen LogP contribution is 2.24. The van der Waals surface area contributed by atoms with Crippen molar-refractivity contribution in [1.82, 2.24) is 0 Å². The highest BCUT2D eigenvalue weighted by Gasteiger charge is 2.17. The van der Waals surface area contributed by atoms with Crippen LogP contribution in [0.4, 0.5) is 17.1 Å². The molecule has 126 valence electrons. The van der Waals surface area contributed by atoms with Gasteiger partial charge in [0.1, 0.15) is 0 Å². The SMILES string of the molecule is COC(=O)c1cc([N+](=O)[O-])ccc1NCc1ccc(N(C)C)cc1. The van der Waals surface area contributed by atoms with E-state index >= 15 is 0 Å². The number of nitro groups is 1. The van der Waals surface area contributed by atoms with Crippen LogP contribution in [0.25, 0.3) is 0 Å². The first kappa shape index (κ1) is 17.3. The minimum absolute atomic E-state index is 0.136. The number of carbonyl (C=O) groups is 1. The van der Waals surface area contributed by atoms with Crippen molar-refractivity contribution in [3.63, 3.8) is 0 Å². The average Bonchev–Trinajstić information content (AvgIpc) is 2.59. The second kappa shape index (κ2) is 7.45. The molecule has 0 aliphatic rings. The van der Waals surface area contributed by atoms with E-state index in [4.69, 9.17) is 4.74 Å². The number of methoxy groups -OCH3 is 1. The summed E-state index contributed by atoms with van der Waals surface area (Å²) < 4.78 is 4.70. The van der Waals surface area contributed by atoms with Gasteiger partial charge in [-0.15, -0.1) is 0 Å². The molecule has 0 heterocycles. The monoisotopic (exact) mass is 329 g/mol. The molecule has 0 fully saturated rings. The van der Waals surface area contributed by atoms with Gasteiger partial charge in [0, 0.05) is 44.1 Å². The van der Waals surface area contributed by atoms with Gasteiger partial charge in [0.15, 0.2) is 0 Å². The zero-order valence-corrected chi connectivity index (χ0v) is 13.8. The molecule has 0 atom stereocenters. The molecule has 0 bridgehead atoms. The number of anilines is 2. The van der Waals surface area contributed by atoms with Crippen LogP contribution in [-0.4, -0.2) is 32.1 Å². The number of benzene rings is 2. The van der Waals surface area contributed by atoms with Gasteiger partial charge in [-0.2, -0.15) is 0 Å². The molecule has 7 heteroatoms. The summed E-state index contributed by atoms with van der Waals surface area (Å²) in [6.45, 7) is 0.482. The maximum absolute atomic E-state index is 11.8. The number of nitro benzene ring substituents is 1. The molecule has 1 N–H and O–H groups in total. The Morgan fingerprint density at radius 3 is 2.42 bits per heavy atom. The smallest absolute Gasteiger partial charge is 0.340 e.